The van der Waals surface area contributed by atoms with Crippen LogP contribution in [0.1, 0.15) is 49.9 Å². The van der Waals surface area contributed by atoms with Gasteiger partial charge in [0.1, 0.15) is 5.75 Å². The number of carbonyl (C=O) groups is 1. The van der Waals surface area contributed by atoms with Gasteiger partial charge in [0.2, 0.25) is 0 Å². The fourth-order valence-corrected chi connectivity index (χ4v) is 2.03. The monoisotopic (exact) mass is 279 g/mol. The summed E-state index contributed by atoms with van der Waals surface area (Å²) in [6, 6.07) is 4.93. The quantitative estimate of drug-likeness (QED) is 0.583. The molecule has 0 fully saturated rings. The van der Waals surface area contributed by atoms with Crippen molar-refractivity contribution < 1.29 is 14.3 Å². The number of methoxy groups -OCH3 is 1. The van der Waals surface area contributed by atoms with Crippen LogP contribution in [0.15, 0.2) is 18.2 Å². The van der Waals surface area contributed by atoms with Gasteiger partial charge in [-0.15, -0.1) is 0 Å². The lowest BCUT2D eigenvalue weighted by molar-refractivity contribution is 0.0428. The zero-order valence-corrected chi connectivity index (χ0v) is 12.6. The van der Waals surface area contributed by atoms with Crippen molar-refractivity contribution in [3.05, 3.63) is 23.8 Å². The molecule has 0 aliphatic rings. The maximum Gasteiger partial charge on any atom is 0.338 e. The maximum absolute atomic E-state index is 12.0. The molecule has 1 aromatic carbocycles. The average Bonchev–Trinajstić information content (AvgIpc) is 2.46. The minimum atomic E-state index is -0.342. The molecule has 0 radical (unpaired) electrons. The second-order valence-corrected chi connectivity index (χ2v) is 5.01. The Hall–Kier alpha value is -1.71. The van der Waals surface area contributed by atoms with Crippen molar-refractivity contribution in [1.29, 1.82) is 0 Å². The first-order chi connectivity index (χ1) is 9.60. The Morgan fingerprint density at radius 3 is 2.65 bits per heavy atom. The molecule has 0 saturated carbocycles. The average molecular weight is 279 g/mol. The van der Waals surface area contributed by atoms with Crippen LogP contribution in [-0.4, -0.2) is 19.7 Å². The molecule has 0 aliphatic carbocycles. The standard InChI is InChI=1S/C16H25NO3/c1-4-6-7-12(5-2)11-20-16(18)13-8-14(17)10-15(9-13)19-3/h8-10,12H,4-7,11,17H2,1-3H3. The number of hydrogen-bond acceptors (Lipinski definition) is 4. The smallest absolute Gasteiger partial charge is 0.338 e. The molecule has 0 saturated heterocycles. The van der Waals surface area contributed by atoms with E-state index in [2.05, 4.69) is 13.8 Å². The highest BCUT2D eigenvalue weighted by Crippen LogP contribution is 2.20. The number of unbranched alkanes of at least 4 members (excludes halogenated alkanes) is 1. The first-order valence-corrected chi connectivity index (χ1v) is 7.22. The SMILES string of the molecule is CCCCC(CC)COC(=O)c1cc(N)cc(OC)c1. The number of hydrogen-bond donors (Lipinski definition) is 1. The number of esters is 1. The van der Waals surface area contributed by atoms with E-state index in [1.807, 2.05) is 0 Å². The third kappa shape index (κ3) is 5.11. The van der Waals surface area contributed by atoms with Crippen molar-refractivity contribution in [2.45, 2.75) is 39.5 Å². The molecule has 1 atom stereocenters. The van der Waals surface area contributed by atoms with Crippen molar-refractivity contribution in [3.8, 4) is 5.75 Å². The molecular formula is C16H25NO3. The van der Waals surface area contributed by atoms with Gasteiger partial charge in [0.25, 0.3) is 0 Å². The van der Waals surface area contributed by atoms with Crippen LogP contribution in [-0.2, 0) is 4.74 Å². The molecule has 0 aromatic heterocycles. The summed E-state index contributed by atoms with van der Waals surface area (Å²) < 4.78 is 10.5. The van der Waals surface area contributed by atoms with E-state index in [1.54, 1.807) is 25.3 Å². The minimum Gasteiger partial charge on any atom is -0.497 e. The molecule has 0 spiro atoms. The van der Waals surface area contributed by atoms with Gasteiger partial charge in [-0.05, 0) is 24.5 Å². The lowest BCUT2D eigenvalue weighted by Crippen LogP contribution is -2.14. The lowest BCUT2D eigenvalue weighted by Gasteiger charge is -2.15. The van der Waals surface area contributed by atoms with E-state index in [0.29, 0.717) is 29.5 Å². The van der Waals surface area contributed by atoms with Gasteiger partial charge in [-0.1, -0.05) is 33.1 Å². The maximum atomic E-state index is 12.0. The Labute approximate surface area is 121 Å². The summed E-state index contributed by atoms with van der Waals surface area (Å²) in [6.07, 6.45) is 4.45. The Morgan fingerprint density at radius 1 is 1.30 bits per heavy atom. The summed E-state index contributed by atoms with van der Waals surface area (Å²) in [7, 11) is 1.54. The molecule has 20 heavy (non-hydrogen) atoms. The topological polar surface area (TPSA) is 61.5 Å². The second-order valence-electron chi connectivity index (χ2n) is 5.01. The number of nitrogens with two attached hydrogens (primary N) is 1. The third-order valence-corrected chi connectivity index (χ3v) is 3.39. The van der Waals surface area contributed by atoms with Crippen molar-refractivity contribution in [3.63, 3.8) is 0 Å². The summed E-state index contributed by atoms with van der Waals surface area (Å²) in [4.78, 5) is 12.0. The van der Waals surface area contributed by atoms with Crippen LogP contribution in [0, 0.1) is 5.92 Å². The van der Waals surface area contributed by atoms with Crippen LogP contribution in [0.3, 0.4) is 0 Å². The Balaban J connectivity index is 2.59. The van der Waals surface area contributed by atoms with E-state index in [4.69, 9.17) is 15.2 Å². The molecule has 4 heteroatoms. The van der Waals surface area contributed by atoms with Gasteiger partial charge in [-0.25, -0.2) is 4.79 Å². The van der Waals surface area contributed by atoms with Crippen molar-refractivity contribution >= 4 is 11.7 Å². The fourth-order valence-electron chi connectivity index (χ4n) is 2.03. The zero-order valence-electron chi connectivity index (χ0n) is 12.6. The number of rotatable bonds is 8. The summed E-state index contributed by atoms with van der Waals surface area (Å²) in [5.41, 5.74) is 6.66. The van der Waals surface area contributed by atoms with Crippen LogP contribution in [0.2, 0.25) is 0 Å². The van der Waals surface area contributed by atoms with E-state index in [0.717, 1.165) is 19.3 Å². The van der Waals surface area contributed by atoms with Gasteiger partial charge in [-0.2, -0.15) is 0 Å². The predicted octanol–water partition coefficient (Wildman–Crippen LogP) is 3.65. The van der Waals surface area contributed by atoms with Crippen LogP contribution < -0.4 is 10.5 Å². The van der Waals surface area contributed by atoms with Gasteiger partial charge < -0.3 is 15.2 Å². The Bertz CT molecular complexity index is 432. The summed E-state index contributed by atoms with van der Waals surface area (Å²) in [6.45, 7) is 4.75. The number of carbonyl (C=O) groups excluding carboxylic acids is 1. The molecule has 1 rings (SSSR count). The van der Waals surface area contributed by atoms with Crippen molar-refractivity contribution in [2.75, 3.05) is 19.5 Å². The lowest BCUT2D eigenvalue weighted by atomic mass is 10.0. The largest absolute Gasteiger partial charge is 0.497 e. The number of nitrogen functional groups attached to an aromatic ring is 1. The summed E-state index contributed by atoms with van der Waals surface area (Å²) >= 11 is 0. The van der Waals surface area contributed by atoms with E-state index in [-0.39, 0.29) is 5.97 Å². The third-order valence-electron chi connectivity index (χ3n) is 3.39. The van der Waals surface area contributed by atoms with Gasteiger partial charge in [0.05, 0.1) is 19.3 Å². The number of benzene rings is 1. The molecule has 4 nitrogen and oxygen atoms in total. The highest BCUT2D eigenvalue weighted by atomic mass is 16.5. The van der Waals surface area contributed by atoms with Crippen LogP contribution in [0.4, 0.5) is 5.69 Å². The number of ether oxygens (including phenoxy) is 2. The fraction of sp³-hybridized carbons (Fsp3) is 0.562. The molecule has 0 bridgehead atoms. The Kier molecular flexibility index (Phi) is 6.91. The Morgan fingerprint density at radius 2 is 2.05 bits per heavy atom. The highest BCUT2D eigenvalue weighted by molar-refractivity contribution is 5.91. The van der Waals surface area contributed by atoms with Gasteiger partial charge in [0, 0.05) is 11.8 Å². The van der Waals surface area contributed by atoms with Crippen molar-refractivity contribution in [1.82, 2.24) is 0 Å². The van der Waals surface area contributed by atoms with Crippen LogP contribution in [0.25, 0.3) is 0 Å². The minimum absolute atomic E-state index is 0.342. The van der Waals surface area contributed by atoms with Crippen molar-refractivity contribution in [2.24, 2.45) is 5.92 Å². The van der Waals surface area contributed by atoms with Crippen LogP contribution >= 0.6 is 0 Å². The van der Waals surface area contributed by atoms with E-state index in [9.17, 15) is 4.79 Å². The predicted molar refractivity (Wildman–Crippen MR) is 81.0 cm³/mol. The summed E-state index contributed by atoms with van der Waals surface area (Å²) in [5.74, 6) is 0.655. The first kappa shape index (κ1) is 16.3. The second kappa shape index (κ2) is 8.46. The van der Waals surface area contributed by atoms with Gasteiger partial charge in [0.15, 0.2) is 0 Å². The molecule has 0 heterocycles. The van der Waals surface area contributed by atoms with E-state index in [1.165, 1.54) is 6.42 Å². The highest BCUT2D eigenvalue weighted by Gasteiger charge is 2.13. The van der Waals surface area contributed by atoms with Gasteiger partial charge >= 0.3 is 5.97 Å². The molecular weight excluding hydrogens is 254 g/mol. The molecule has 0 amide bonds. The molecule has 112 valence electrons. The molecule has 1 unspecified atom stereocenters. The van der Waals surface area contributed by atoms with Crippen LogP contribution in [0.5, 0.6) is 5.75 Å². The molecule has 0 aliphatic heterocycles. The first-order valence-electron chi connectivity index (χ1n) is 7.22. The zero-order chi connectivity index (χ0) is 15.0. The van der Waals surface area contributed by atoms with E-state index >= 15 is 0 Å². The number of anilines is 1. The van der Waals surface area contributed by atoms with E-state index < -0.39 is 0 Å². The summed E-state index contributed by atoms with van der Waals surface area (Å²) in [5, 5.41) is 0. The molecule has 2 N–H and O–H groups in total. The normalized spacial score (nSPS) is 11.9. The van der Waals surface area contributed by atoms with Gasteiger partial charge in [-0.3, -0.25) is 0 Å². The molecule has 1 aromatic rings.